The molecule has 8 heteroatoms. The van der Waals surface area contributed by atoms with Gasteiger partial charge in [-0.15, -0.1) is 0 Å². The van der Waals surface area contributed by atoms with Crippen molar-refractivity contribution >= 4 is 12.0 Å². The number of piperazine rings is 1. The molecule has 2 aliphatic rings. The molecule has 1 amide bonds. The molecule has 0 N–H and O–H groups in total. The Balaban J connectivity index is 1.43. The van der Waals surface area contributed by atoms with Gasteiger partial charge >= 0.3 is 0 Å². The summed E-state index contributed by atoms with van der Waals surface area (Å²) in [6, 6.07) is 7.89. The summed E-state index contributed by atoms with van der Waals surface area (Å²) in [7, 11) is 8.16. The largest absolute Gasteiger partial charge is 0.493 e. The molecule has 1 heterocycles. The third-order valence-corrected chi connectivity index (χ3v) is 6.95. The summed E-state index contributed by atoms with van der Waals surface area (Å²) < 4.78 is 27.5. The normalized spacial score (nSPS) is 15.9. The fraction of sp³-hybridized carbons (Fsp3) is 0.464. The highest BCUT2D eigenvalue weighted by Crippen LogP contribution is 2.39. The zero-order chi connectivity index (χ0) is 25.7. The summed E-state index contributed by atoms with van der Waals surface area (Å²) in [5, 5.41) is 0. The van der Waals surface area contributed by atoms with Gasteiger partial charge in [0.2, 0.25) is 11.7 Å². The number of hydrogen-bond donors (Lipinski definition) is 0. The smallest absolute Gasteiger partial charge is 0.249 e. The number of fused-ring (bicyclic) bond motifs is 1. The van der Waals surface area contributed by atoms with Crippen LogP contribution in [0.3, 0.4) is 0 Å². The molecule has 36 heavy (non-hydrogen) atoms. The number of amides is 1. The van der Waals surface area contributed by atoms with Gasteiger partial charge in [-0.3, -0.25) is 9.69 Å². The number of benzene rings is 2. The van der Waals surface area contributed by atoms with Crippen molar-refractivity contribution in [1.82, 2.24) is 9.80 Å². The van der Waals surface area contributed by atoms with Crippen molar-refractivity contribution in [3.8, 4) is 28.7 Å². The van der Waals surface area contributed by atoms with Crippen LogP contribution >= 0.6 is 0 Å². The molecule has 2 aromatic carbocycles. The Kier molecular flexibility index (Phi) is 8.25. The lowest BCUT2D eigenvalue weighted by molar-refractivity contribution is -0.129. The van der Waals surface area contributed by atoms with Crippen molar-refractivity contribution in [3.05, 3.63) is 46.5 Å². The van der Waals surface area contributed by atoms with E-state index in [0.717, 1.165) is 72.7 Å². The van der Waals surface area contributed by atoms with Crippen molar-refractivity contribution in [2.24, 2.45) is 0 Å². The van der Waals surface area contributed by atoms with Gasteiger partial charge in [-0.25, -0.2) is 0 Å². The zero-order valence-corrected chi connectivity index (χ0v) is 21.9. The zero-order valence-electron chi connectivity index (χ0n) is 21.9. The molecule has 0 unspecified atom stereocenters. The molecule has 0 aromatic heterocycles. The van der Waals surface area contributed by atoms with Gasteiger partial charge in [0, 0.05) is 43.9 Å². The van der Waals surface area contributed by atoms with E-state index in [2.05, 4.69) is 4.90 Å². The predicted octanol–water partition coefficient (Wildman–Crippen LogP) is 3.79. The number of methoxy groups -OCH3 is 5. The Morgan fingerprint density at radius 1 is 0.778 bits per heavy atom. The van der Waals surface area contributed by atoms with Gasteiger partial charge in [-0.2, -0.15) is 0 Å². The molecule has 4 rings (SSSR count). The Hall–Kier alpha value is -3.39. The van der Waals surface area contributed by atoms with Crippen LogP contribution in [-0.4, -0.2) is 77.4 Å². The van der Waals surface area contributed by atoms with Gasteiger partial charge in [0.1, 0.15) is 0 Å². The van der Waals surface area contributed by atoms with Crippen LogP contribution < -0.4 is 23.7 Å². The summed E-state index contributed by atoms with van der Waals surface area (Å²) in [5.74, 6) is 3.51. The molecule has 0 saturated carbocycles. The van der Waals surface area contributed by atoms with Crippen molar-refractivity contribution in [1.29, 1.82) is 0 Å². The van der Waals surface area contributed by atoms with E-state index in [9.17, 15) is 4.79 Å². The van der Waals surface area contributed by atoms with E-state index >= 15 is 0 Å². The van der Waals surface area contributed by atoms with E-state index in [1.54, 1.807) is 35.5 Å². The first-order chi connectivity index (χ1) is 17.5. The first kappa shape index (κ1) is 25.7. The maximum Gasteiger partial charge on any atom is 0.249 e. The summed E-state index contributed by atoms with van der Waals surface area (Å²) >= 11 is 0. The highest BCUT2D eigenvalue weighted by molar-refractivity contribution is 5.98. The molecule has 2 aromatic rings. The second kappa shape index (κ2) is 11.6. The fourth-order valence-electron chi connectivity index (χ4n) is 5.08. The average Bonchev–Trinajstić information content (AvgIpc) is 3.14. The number of carbonyl (C=O) groups excluding carboxylic acids is 1. The molecule has 194 valence electrons. The Morgan fingerprint density at radius 2 is 1.42 bits per heavy atom. The highest BCUT2D eigenvalue weighted by Gasteiger charge is 2.26. The van der Waals surface area contributed by atoms with Crippen LogP contribution in [0.15, 0.2) is 29.8 Å². The molecule has 1 aliphatic heterocycles. The minimum atomic E-state index is 0.130. The molecule has 0 spiro atoms. The molecule has 1 fully saturated rings. The standard InChI is InChI=1S/C28H36N2O6/c1-32-23-10-9-20-17-21(7-6-8-22(20)26(23)35-4)28(31)30-13-11-29(12-14-30)18-19-15-24(33-2)27(36-5)25(16-19)34-3/h9-10,15-17H,6-8,11-14,18H2,1-5H3. The van der Waals surface area contributed by atoms with Crippen molar-refractivity contribution < 1.29 is 28.5 Å². The van der Waals surface area contributed by atoms with E-state index in [-0.39, 0.29) is 5.91 Å². The lowest BCUT2D eigenvalue weighted by atomic mass is 10.0. The summed E-state index contributed by atoms with van der Waals surface area (Å²) in [4.78, 5) is 17.8. The number of hydrogen-bond acceptors (Lipinski definition) is 7. The van der Waals surface area contributed by atoms with Crippen molar-refractivity contribution in [2.45, 2.75) is 25.8 Å². The predicted molar refractivity (Wildman–Crippen MR) is 138 cm³/mol. The molecule has 0 radical (unpaired) electrons. The van der Waals surface area contributed by atoms with E-state index in [1.807, 2.05) is 35.2 Å². The van der Waals surface area contributed by atoms with E-state index in [0.29, 0.717) is 30.3 Å². The molecule has 8 nitrogen and oxygen atoms in total. The van der Waals surface area contributed by atoms with Crippen LogP contribution in [-0.2, 0) is 17.8 Å². The Morgan fingerprint density at radius 3 is 2.00 bits per heavy atom. The maximum atomic E-state index is 13.4. The Labute approximate surface area is 213 Å². The van der Waals surface area contributed by atoms with Crippen molar-refractivity contribution in [2.75, 3.05) is 61.7 Å². The lowest BCUT2D eigenvalue weighted by Crippen LogP contribution is -2.48. The topological polar surface area (TPSA) is 69.7 Å². The lowest BCUT2D eigenvalue weighted by Gasteiger charge is -2.35. The van der Waals surface area contributed by atoms with Crippen LogP contribution in [0, 0.1) is 0 Å². The van der Waals surface area contributed by atoms with Crippen LogP contribution in [0.2, 0.25) is 0 Å². The molecule has 0 bridgehead atoms. The van der Waals surface area contributed by atoms with Crippen LogP contribution in [0.1, 0.15) is 29.5 Å². The summed E-state index contributed by atoms with van der Waals surface area (Å²) in [6.45, 7) is 3.74. The summed E-state index contributed by atoms with van der Waals surface area (Å²) in [5.41, 5.74) is 4.08. The minimum absolute atomic E-state index is 0.130. The second-order valence-electron chi connectivity index (χ2n) is 8.99. The molecule has 1 saturated heterocycles. The van der Waals surface area contributed by atoms with Crippen molar-refractivity contribution in [3.63, 3.8) is 0 Å². The first-order valence-corrected chi connectivity index (χ1v) is 12.3. The van der Waals surface area contributed by atoms with Gasteiger partial charge in [-0.05, 0) is 54.7 Å². The SMILES string of the molecule is COc1cc(CN2CCN(C(=O)C3=Cc4ccc(OC)c(OC)c4CCC3)CC2)cc(OC)c1OC. The second-order valence-corrected chi connectivity index (χ2v) is 8.99. The molecular weight excluding hydrogens is 460 g/mol. The maximum absolute atomic E-state index is 13.4. The molecule has 1 aliphatic carbocycles. The summed E-state index contributed by atoms with van der Waals surface area (Å²) in [6.07, 6.45) is 4.54. The van der Waals surface area contributed by atoms with Gasteiger partial charge in [0.15, 0.2) is 23.0 Å². The minimum Gasteiger partial charge on any atom is -0.493 e. The number of carbonyl (C=O) groups is 1. The van der Waals surface area contributed by atoms with Gasteiger partial charge < -0.3 is 28.6 Å². The average molecular weight is 497 g/mol. The Bertz CT molecular complexity index is 1100. The van der Waals surface area contributed by atoms with Crippen LogP contribution in [0.25, 0.3) is 6.08 Å². The fourth-order valence-corrected chi connectivity index (χ4v) is 5.08. The van der Waals surface area contributed by atoms with E-state index < -0.39 is 0 Å². The number of ether oxygens (including phenoxy) is 5. The van der Waals surface area contributed by atoms with E-state index in [4.69, 9.17) is 23.7 Å². The third kappa shape index (κ3) is 5.23. The number of rotatable bonds is 8. The first-order valence-electron chi connectivity index (χ1n) is 12.3. The van der Waals surface area contributed by atoms with Gasteiger partial charge in [0.05, 0.1) is 35.5 Å². The number of nitrogens with zero attached hydrogens (tertiary/aromatic N) is 2. The van der Waals surface area contributed by atoms with Crippen LogP contribution in [0.4, 0.5) is 0 Å². The van der Waals surface area contributed by atoms with Crippen LogP contribution in [0.5, 0.6) is 28.7 Å². The van der Waals surface area contributed by atoms with Gasteiger partial charge in [-0.1, -0.05) is 6.07 Å². The monoisotopic (exact) mass is 496 g/mol. The highest BCUT2D eigenvalue weighted by atomic mass is 16.5. The quantitative estimate of drug-likeness (QED) is 0.551. The third-order valence-electron chi connectivity index (χ3n) is 6.95. The molecule has 0 atom stereocenters. The molecular formula is C28H36N2O6. The van der Waals surface area contributed by atoms with E-state index in [1.165, 1.54) is 0 Å². The van der Waals surface area contributed by atoms with Gasteiger partial charge in [0.25, 0.3) is 0 Å².